The fourth-order valence-corrected chi connectivity index (χ4v) is 5.09. The van der Waals surface area contributed by atoms with Crippen molar-refractivity contribution in [1.29, 1.82) is 0 Å². The van der Waals surface area contributed by atoms with Crippen molar-refractivity contribution in [3.8, 4) is 0 Å². The van der Waals surface area contributed by atoms with Crippen LogP contribution in [0.25, 0.3) is 0 Å². The van der Waals surface area contributed by atoms with E-state index in [-0.39, 0.29) is 30.5 Å². The predicted molar refractivity (Wildman–Crippen MR) is 133 cm³/mol. The Bertz CT molecular complexity index is 1280. The van der Waals surface area contributed by atoms with E-state index in [1.54, 1.807) is 6.20 Å². The second kappa shape index (κ2) is 9.85. The summed E-state index contributed by atoms with van der Waals surface area (Å²) in [5.41, 5.74) is 7.51. The molecule has 194 valence electrons. The van der Waals surface area contributed by atoms with Crippen molar-refractivity contribution in [2.45, 2.75) is 63.1 Å². The number of amides is 1. The van der Waals surface area contributed by atoms with Crippen LogP contribution in [-0.2, 0) is 35.6 Å². The zero-order valence-electron chi connectivity index (χ0n) is 20.8. The van der Waals surface area contributed by atoms with E-state index >= 15 is 0 Å². The second-order valence-corrected chi connectivity index (χ2v) is 10.1. The first-order valence-corrected chi connectivity index (χ1v) is 12.7. The van der Waals surface area contributed by atoms with E-state index in [9.17, 15) is 18.0 Å². The van der Waals surface area contributed by atoms with Crippen LogP contribution in [0.3, 0.4) is 0 Å². The first kappa shape index (κ1) is 25.3. The van der Waals surface area contributed by atoms with Crippen LogP contribution in [0.1, 0.15) is 71.7 Å². The molecular formula is C28H30F3N5O. The van der Waals surface area contributed by atoms with Gasteiger partial charge >= 0.3 is 6.18 Å². The molecule has 9 heteroatoms. The summed E-state index contributed by atoms with van der Waals surface area (Å²) in [6.45, 7) is 4.26. The van der Waals surface area contributed by atoms with Crippen molar-refractivity contribution in [2.75, 3.05) is 13.1 Å². The number of primary amides is 1. The van der Waals surface area contributed by atoms with E-state index in [1.165, 1.54) is 6.42 Å². The molecule has 2 fully saturated rings. The molecule has 2 N–H and O–H groups in total. The standard InChI is InChI=1S/C28H30F3N5O/c1-18(36-13-4-14-36)23-9-7-19(16-33-23)15-25-34-17-22(28(29,30)31)24(35-25)10-8-20-5-2-3-6-21(20)27(11-12-27)26(32)37/h2-3,5-7,9,16-18H,4,8,10-15H2,1H3,(H2,32,37). The van der Waals surface area contributed by atoms with E-state index < -0.39 is 17.2 Å². The van der Waals surface area contributed by atoms with Gasteiger partial charge in [-0.25, -0.2) is 9.97 Å². The van der Waals surface area contributed by atoms with E-state index in [0.717, 1.165) is 41.7 Å². The van der Waals surface area contributed by atoms with Crippen LogP contribution in [0.15, 0.2) is 48.8 Å². The van der Waals surface area contributed by atoms with E-state index in [4.69, 9.17) is 5.73 Å². The lowest BCUT2D eigenvalue weighted by molar-refractivity contribution is -0.138. The highest BCUT2D eigenvalue weighted by molar-refractivity contribution is 5.90. The van der Waals surface area contributed by atoms with Gasteiger partial charge in [-0.3, -0.25) is 14.7 Å². The molecule has 1 saturated carbocycles. The number of likely N-dealkylation sites (tertiary alicyclic amines) is 1. The van der Waals surface area contributed by atoms with Crippen molar-refractivity contribution < 1.29 is 18.0 Å². The summed E-state index contributed by atoms with van der Waals surface area (Å²) in [6, 6.07) is 11.5. The molecule has 1 aliphatic heterocycles. The van der Waals surface area contributed by atoms with Crippen LogP contribution in [0.2, 0.25) is 0 Å². The van der Waals surface area contributed by atoms with Gasteiger partial charge in [0.2, 0.25) is 5.91 Å². The van der Waals surface area contributed by atoms with Gasteiger partial charge in [-0.1, -0.05) is 30.3 Å². The largest absolute Gasteiger partial charge is 0.419 e. The number of aryl methyl sites for hydroxylation is 2. The maximum atomic E-state index is 13.8. The van der Waals surface area contributed by atoms with Crippen molar-refractivity contribution in [1.82, 2.24) is 19.9 Å². The summed E-state index contributed by atoms with van der Waals surface area (Å²) in [5, 5.41) is 0. The quantitative estimate of drug-likeness (QED) is 0.458. The number of carbonyl (C=O) groups excluding carboxylic acids is 1. The molecule has 37 heavy (non-hydrogen) atoms. The number of rotatable bonds is 9. The third kappa shape index (κ3) is 5.23. The van der Waals surface area contributed by atoms with Crippen molar-refractivity contribution in [3.63, 3.8) is 0 Å². The van der Waals surface area contributed by atoms with E-state index in [1.807, 2.05) is 36.4 Å². The van der Waals surface area contributed by atoms with Gasteiger partial charge in [-0.2, -0.15) is 13.2 Å². The Hall–Kier alpha value is -3.33. The molecule has 3 heterocycles. The van der Waals surface area contributed by atoms with Crippen molar-refractivity contribution in [2.24, 2.45) is 5.73 Å². The van der Waals surface area contributed by atoms with E-state index in [0.29, 0.717) is 25.1 Å². The lowest BCUT2D eigenvalue weighted by Gasteiger charge is -2.36. The molecule has 1 unspecified atom stereocenters. The average Bonchev–Trinajstić information content (AvgIpc) is 3.64. The Morgan fingerprint density at radius 2 is 1.84 bits per heavy atom. The molecule has 1 aromatic carbocycles. The number of halogens is 3. The molecule has 6 nitrogen and oxygen atoms in total. The number of hydrogen-bond acceptors (Lipinski definition) is 5. The lowest BCUT2D eigenvalue weighted by atomic mass is 9.88. The topological polar surface area (TPSA) is 85.0 Å². The molecule has 1 aliphatic carbocycles. The Kier molecular flexibility index (Phi) is 6.74. The molecule has 2 aliphatic rings. The number of carbonyl (C=O) groups is 1. The second-order valence-electron chi connectivity index (χ2n) is 10.1. The third-order valence-corrected chi connectivity index (χ3v) is 7.68. The number of aromatic nitrogens is 3. The van der Waals surface area contributed by atoms with Crippen molar-refractivity contribution >= 4 is 5.91 Å². The molecule has 3 aromatic rings. The minimum atomic E-state index is -4.56. The SMILES string of the molecule is CC(c1ccc(Cc2ncc(C(F)(F)F)c(CCc3ccccc3C3(C(N)=O)CC3)n2)cn1)N1CCC1. The van der Waals surface area contributed by atoms with Gasteiger partial charge in [0, 0.05) is 37.9 Å². The predicted octanol–water partition coefficient (Wildman–Crippen LogP) is 4.55. The van der Waals surface area contributed by atoms with Gasteiger partial charge in [0.25, 0.3) is 0 Å². The number of hydrogen-bond donors (Lipinski definition) is 1. The van der Waals surface area contributed by atoms with Gasteiger partial charge in [0.1, 0.15) is 5.82 Å². The van der Waals surface area contributed by atoms with Crippen molar-refractivity contribution in [3.05, 3.63) is 88.3 Å². The number of benzene rings is 1. The summed E-state index contributed by atoms with van der Waals surface area (Å²) in [7, 11) is 0. The molecular weight excluding hydrogens is 479 g/mol. The molecule has 2 aromatic heterocycles. The van der Waals surface area contributed by atoms with Crippen LogP contribution >= 0.6 is 0 Å². The highest BCUT2D eigenvalue weighted by atomic mass is 19.4. The van der Waals surface area contributed by atoms with Crippen LogP contribution in [0.5, 0.6) is 0 Å². The monoisotopic (exact) mass is 509 g/mol. The van der Waals surface area contributed by atoms with Crippen LogP contribution in [0.4, 0.5) is 13.2 Å². The molecule has 5 rings (SSSR count). The highest BCUT2D eigenvalue weighted by Gasteiger charge is 2.50. The molecule has 1 saturated heterocycles. The number of nitrogens with two attached hydrogens (primary N) is 1. The molecule has 0 spiro atoms. The number of nitrogens with zero attached hydrogens (tertiary/aromatic N) is 4. The zero-order chi connectivity index (χ0) is 26.2. The minimum Gasteiger partial charge on any atom is -0.369 e. The normalized spacial score (nSPS) is 17.7. The minimum absolute atomic E-state index is 0.0489. The lowest BCUT2D eigenvalue weighted by Crippen LogP contribution is -2.39. The zero-order valence-corrected chi connectivity index (χ0v) is 20.8. The fourth-order valence-electron chi connectivity index (χ4n) is 5.09. The van der Waals surface area contributed by atoms with Gasteiger partial charge < -0.3 is 5.73 Å². The highest BCUT2D eigenvalue weighted by Crippen LogP contribution is 2.49. The van der Waals surface area contributed by atoms with Crippen LogP contribution in [0, 0.1) is 0 Å². The average molecular weight is 510 g/mol. The van der Waals surface area contributed by atoms with Gasteiger partial charge in [0.15, 0.2) is 0 Å². The van der Waals surface area contributed by atoms with E-state index in [2.05, 4.69) is 26.8 Å². The summed E-state index contributed by atoms with van der Waals surface area (Å²) in [5.74, 6) is -0.0726. The maximum Gasteiger partial charge on any atom is 0.419 e. The summed E-state index contributed by atoms with van der Waals surface area (Å²) in [6.07, 6.45) is 1.27. The summed E-state index contributed by atoms with van der Waals surface area (Å²) >= 11 is 0. The smallest absolute Gasteiger partial charge is 0.369 e. The number of pyridine rings is 1. The fraction of sp³-hybridized carbons (Fsp3) is 0.429. The van der Waals surface area contributed by atoms with Crippen LogP contribution in [-0.4, -0.2) is 38.8 Å². The Morgan fingerprint density at radius 1 is 1.08 bits per heavy atom. The third-order valence-electron chi connectivity index (χ3n) is 7.68. The van der Waals surface area contributed by atoms with Gasteiger partial charge in [-0.05, 0) is 61.8 Å². The van der Waals surface area contributed by atoms with Gasteiger partial charge in [-0.15, -0.1) is 0 Å². The molecule has 0 radical (unpaired) electrons. The summed E-state index contributed by atoms with van der Waals surface area (Å²) < 4.78 is 41.3. The first-order valence-electron chi connectivity index (χ1n) is 12.7. The number of alkyl halides is 3. The molecule has 0 bridgehead atoms. The Morgan fingerprint density at radius 3 is 2.43 bits per heavy atom. The molecule has 1 amide bonds. The van der Waals surface area contributed by atoms with Crippen LogP contribution < -0.4 is 5.73 Å². The molecule has 1 atom stereocenters. The maximum absolute atomic E-state index is 13.8. The first-order chi connectivity index (χ1) is 17.7. The Labute approximate surface area is 214 Å². The summed E-state index contributed by atoms with van der Waals surface area (Å²) in [4.78, 5) is 27.4. The van der Waals surface area contributed by atoms with Gasteiger partial charge in [0.05, 0.1) is 22.4 Å². The Balaban J connectivity index is 1.35.